The van der Waals surface area contributed by atoms with E-state index in [9.17, 15) is 19.2 Å². The van der Waals surface area contributed by atoms with Gasteiger partial charge >= 0.3 is 0 Å². The standard InChI is InChI=1S/C25H44O4/c1-3-5-8-14-22(26)18-12-20-24(28)16-10-7-11-17-25(29)21-13-19-23(27)15-9-6-4-2/h3-21H2,1-2H3. The first kappa shape index (κ1) is 27.7. The smallest absolute Gasteiger partial charge is 0.132 e. The van der Waals surface area contributed by atoms with Crippen LogP contribution in [0, 0.1) is 0 Å². The van der Waals surface area contributed by atoms with E-state index in [1.54, 1.807) is 0 Å². The van der Waals surface area contributed by atoms with Gasteiger partial charge in [-0.2, -0.15) is 0 Å². The first-order valence-corrected chi connectivity index (χ1v) is 12.1. The summed E-state index contributed by atoms with van der Waals surface area (Å²) in [6.45, 7) is 4.25. The highest BCUT2D eigenvalue weighted by Crippen LogP contribution is 2.11. The van der Waals surface area contributed by atoms with Gasteiger partial charge in [-0.25, -0.2) is 0 Å². The summed E-state index contributed by atoms with van der Waals surface area (Å²) in [4.78, 5) is 47.1. The third-order valence-electron chi connectivity index (χ3n) is 5.35. The molecule has 0 fully saturated rings. The summed E-state index contributed by atoms with van der Waals surface area (Å²) in [6.07, 6.45) is 14.8. The van der Waals surface area contributed by atoms with Gasteiger partial charge in [0.2, 0.25) is 0 Å². The summed E-state index contributed by atoms with van der Waals surface area (Å²) in [7, 11) is 0. The Morgan fingerprint density at radius 3 is 0.862 bits per heavy atom. The fourth-order valence-electron chi connectivity index (χ4n) is 3.43. The van der Waals surface area contributed by atoms with Crippen LogP contribution in [0.4, 0.5) is 0 Å². The van der Waals surface area contributed by atoms with Crippen LogP contribution in [0.15, 0.2) is 0 Å². The van der Waals surface area contributed by atoms with E-state index >= 15 is 0 Å². The number of ketones is 4. The number of hydrogen-bond acceptors (Lipinski definition) is 4. The van der Waals surface area contributed by atoms with Crippen molar-refractivity contribution < 1.29 is 19.2 Å². The molecule has 168 valence electrons. The average molecular weight is 409 g/mol. The zero-order chi connectivity index (χ0) is 21.7. The van der Waals surface area contributed by atoms with Gasteiger partial charge in [0.25, 0.3) is 0 Å². The predicted octanol–water partition coefficient (Wildman–Crippen LogP) is 6.71. The van der Waals surface area contributed by atoms with Crippen molar-refractivity contribution in [2.45, 2.75) is 136 Å². The quantitative estimate of drug-likeness (QED) is 0.187. The van der Waals surface area contributed by atoms with Crippen LogP contribution in [0.1, 0.15) is 136 Å². The zero-order valence-electron chi connectivity index (χ0n) is 19.1. The number of hydrogen-bond donors (Lipinski definition) is 0. The van der Waals surface area contributed by atoms with Gasteiger partial charge in [0.1, 0.15) is 23.1 Å². The molecule has 0 saturated heterocycles. The van der Waals surface area contributed by atoms with Gasteiger partial charge in [-0.15, -0.1) is 0 Å². The van der Waals surface area contributed by atoms with Crippen molar-refractivity contribution in [3.8, 4) is 0 Å². The molecule has 0 spiro atoms. The molecule has 0 aliphatic rings. The van der Waals surface area contributed by atoms with Crippen molar-refractivity contribution >= 4 is 23.1 Å². The van der Waals surface area contributed by atoms with E-state index in [-0.39, 0.29) is 23.1 Å². The van der Waals surface area contributed by atoms with Gasteiger partial charge in [0.05, 0.1) is 0 Å². The fraction of sp³-hybridized carbons (Fsp3) is 0.840. The van der Waals surface area contributed by atoms with E-state index in [1.807, 2.05) is 0 Å². The number of carbonyl (C=O) groups is 4. The Morgan fingerprint density at radius 1 is 0.345 bits per heavy atom. The van der Waals surface area contributed by atoms with Crippen LogP contribution in [-0.2, 0) is 19.2 Å². The highest BCUT2D eigenvalue weighted by Gasteiger charge is 2.08. The van der Waals surface area contributed by atoms with Crippen LogP contribution in [0.25, 0.3) is 0 Å². The Kier molecular flexibility index (Phi) is 19.1. The van der Waals surface area contributed by atoms with Crippen molar-refractivity contribution in [2.75, 3.05) is 0 Å². The minimum Gasteiger partial charge on any atom is -0.300 e. The summed E-state index contributed by atoms with van der Waals surface area (Å²) in [6, 6.07) is 0. The molecule has 29 heavy (non-hydrogen) atoms. The molecule has 0 aromatic rings. The first-order valence-electron chi connectivity index (χ1n) is 12.1. The van der Waals surface area contributed by atoms with E-state index in [0.717, 1.165) is 57.8 Å². The molecule has 0 saturated carbocycles. The Morgan fingerprint density at radius 2 is 0.586 bits per heavy atom. The van der Waals surface area contributed by atoms with E-state index in [1.165, 1.54) is 0 Å². The third-order valence-corrected chi connectivity index (χ3v) is 5.35. The van der Waals surface area contributed by atoms with E-state index in [0.29, 0.717) is 64.2 Å². The SMILES string of the molecule is CCCCCC(=O)CCCC(=O)CCCCCC(=O)CCCC(=O)CCCCC. The molecule has 0 radical (unpaired) electrons. The van der Waals surface area contributed by atoms with Gasteiger partial charge in [-0.3, -0.25) is 19.2 Å². The minimum atomic E-state index is 0.235. The summed E-state index contributed by atoms with van der Waals surface area (Å²) in [5.74, 6) is 1.04. The van der Waals surface area contributed by atoms with Gasteiger partial charge in [-0.1, -0.05) is 46.0 Å². The van der Waals surface area contributed by atoms with Crippen molar-refractivity contribution in [1.82, 2.24) is 0 Å². The zero-order valence-corrected chi connectivity index (χ0v) is 19.1. The molecule has 0 aromatic heterocycles. The molecule has 0 amide bonds. The first-order chi connectivity index (χ1) is 14.0. The lowest BCUT2D eigenvalue weighted by atomic mass is 10.0. The van der Waals surface area contributed by atoms with E-state index in [4.69, 9.17) is 0 Å². The molecule has 0 N–H and O–H groups in total. The normalized spacial score (nSPS) is 10.8. The topological polar surface area (TPSA) is 68.3 Å². The van der Waals surface area contributed by atoms with Crippen LogP contribution in [0.2, 0.25) is 0 Å². The van der Waals surface area contributed by atoms with Crippen molar-refractivity contribution in [2.24, 2.45) is 0 Å². The molecule has 4 nitrogen and oxygen atoms in total. The van der Waals surface area contributed by atoms with Crippen molar-refractivity contribution in [1.29, 1.82) is 0 Å². The van der Waals surface area contributed by atoms with Crippen molar-refractivity contribution in [3.05, 3.63) is 0 Å². The van der Waals surface area contributed by atoms with Crippen LogP contribution in [-0.4, -0.2) is 23.1 Å². The van der Waals surface area contributed by atoms with Crippen LogP contribution in [0.5, 0.6) is 0 Å². The van der Waals surface area contributed by atoms with Crippen molar-refractivity contribution in [3.63, 3.8) is 0 Å². The highest BCUT2D eigenvalue weighted by molar-refractivity contribution is 5.81. The van der Waals surface area contributed by atoms with E-state index < -0.39 is 0 Å². The second kappa shape index (κ2) is 20.0. The molecule has 0 unspecified atom stereocenters. The Hall–Kier alpha value is -1.32. The lowest BCUT2D eigenvalue weighted by molar-refractivity contribution is -0.121. The van der Waals surface area contributed by atoms with Gasteiger partial charge in [-0.05, 0) is 38.5 Å². The lowest BCUT2D eigenvalue weighted by Gasteiger charge is -2.03. The molecule has 4 heteroatoms. The average Bonchev–Trinajstić information content (AvgIpc) is 2.68. The molecule has 0 aliphatic carbocycles. The number of carbonyl (C=O) groups excluding carboxylic acids is 4. The lowest BCUT2D eigenvalue weighted by Crippen LogP contribution is -2.03. The summed E-state index contributed by atoms with van der Waals surface area (Å²) in [5, 5.41) is 0. The second-order valence-corrected chi connectivity index (χ2v) is 8.34. The van der Waals surface area contributed by atoms with E-state index in [2.05, 4.69) is 13.8 Å². The molecule has 0 atom stereocenters. The molecule has 0 heterocycles. The fourth-order valence-corrected chi connectivity index (χ4v) is 3.43. The van der Waals surface area contributed by atoms with Gasteiger partial charge < -0.3 is 0 Å². The Balaban J connectivity index is 3.51. The summed E-state index contributed by atoms with van der Waals surface area (Å²) >= 11 is 0. The highest BCUT2D eigenvalue weighted by atomic mass is 16.1. The summed E-state index contributed by atoms with van der Waals surface area (Å²) < 4.78 is 0. The van der Waals surface area contributed by atoms with Crippen LogP contribution in [0.3, 0.4) is 0 Å². The van der Waals surface area contributed by atoms with Crippen LogP contribution >= 0.6 is 0 Å². The molecule has 0 aliphatic heterocycles. The third kappa shape index (κ3) is 19.8. The molecule has 0 aromatic carbocycles. The maximum absolute atomic E-state index is 11.9. The predicted molar refractivity (Wildman–Crippen MR) is 119 cm³/mol. The second-order valence-electron chi connectivity index (χ2n) is 8.34. The largest absolute Gasteiger partial charge is 0.300 e. The summed E-state index contributed by atoms with van der Waals surface area (Å²) in [5.41, 5.74) is 0. The Bertz CT molecular complexity index is 425. The monoisotopic (exact) mass is 408 g/mol. The maximum Gasteiger partial charge on any atom is 0.132 e. The minimum absolute atomic E-state index is 0.235. The van der Waals surface area contributed by atoms with Gasteiger partial charge in [0, 0.05) is 51.4 Å². The Labute approximate surface area is 178 Å². The maximum atomic E-state index is 11.9. The number of unbranched alkanes of at least 4 members (excludes halogenated alkanes) is 6. The number of rotatable bonds is 22. The molecular weight excluding hydrogens is 364 g/mol. The number of Topliss-reactive ketones (excluding diaryl/α,β-unsaturated/α-hetero) is 4. The molecule has 0 bridgehead atoms. The molecule has 0 rings (SSSR count). The van der Waals surface area contributed by atoms with Crippen LogP contribution < -0.4 is 0 Å². The van der Waals surface area contributed by atoms with Gasteiger partial charge in [0.15, 0.2) is 0 Å². The molecular formula is C25H44O4.